The van der Waals surface area contributed by atoms with Crippen LogP contribution in [0.2, 0.25) is 0 Å². The van der Waals surface area contributed by atoms with E-state index in [1.807, 2.05) is 30.7 Å². The molecule has 0 unspecified atom stereocenters. The maximum absolute atomic E-state index is 9.48. The Morgan fingerprint density at radius 2 is 1.87 bits per heavy atom. The number of aromatic hydroxyl groups is 1. The number of hydrogen-bond acceptors (Lipinski definition) is 3. The van der Waals surface area contributed by atoms with Crippen molar-refractivity contribution in [1.29, 1.82) is 0 Å². The van der Waals surface area contributed by atoms with Gasteiger partial charge in [-0.05, 0) is 42.7 Å². The minimum atomic E-state index is 0.272. The van der Waals surface area contributed by atoms with E-state index in [1.165, 1.54) is 5.57 Å². The van der Waals surface area contributed by atoms with Gasteiger partial charge in [-0.25, -0.2) is 9.97 Å². The van der Waals surface area contributed by atoms with Gasteiger partial charge in [0.05, 0.1) is 0 Å². The van der Waals surface area contributed by atoms with E-state index in [1.54, 1.807) is 18.5 Å². The average molecular weight is 305 g/mol. The van der Waals surface area contributed by atoms with Crippen molar-refractivity contribution < 1.29 is 5.11 Å². The first-order chi connectivity index (χ1) is 11.2. The number of phenolic OH excluding ortho intramolecular Hbond substituents is 1. The van der Waals surface area contributed by atoms with Crippen molar-refractivity contribution in [3.63, 3.8) is 0 Å². The van der Waals surface area contributed by atoms with Gasteiger partial charge in [0.2, 0.25) is 0 Å². The zero-order chi connectivity index (χ0) is 16.2. The predicted molar refractivity (Wildman–Crippen MR) is 92.8 cm³/mol. The van der Waals surface area contributed by atoms with Crippen LogP contribution in [-0.4, -0.2) is 20.1 Å². The van der Waals surface area contributed by atoms with E-state index in [0.29, 0.717) is 0 Å². The number of aryl methyl sites for hydroxylation is 1. The van der Waals surface area contributed by atoms with Crippen LogP contribution in [0.1, 0.15) is 30.2 Å². The second kappa shape index (κ2) is 6.48. The molecule has 0 radical (unpaired) electrons. The zero-order valence-electron chi connectivity index (χ0n) is 13.2. The summed E-state index contributed by atoms with van der Waals surface area (Å²) in [5.41, 5.74) is 6.66. The van der Waals surface area contributed by atoms with Crippen LogP contribution < -0.4 is 0 Å². The Hall–Kier alpha value is -2.88. The highest BCUT2D eigenvalue weighted by molar-refractivity contribution is 5.87. The highest BCUT2D eigenvalue weighted by Gasteiger charge is 2.10. The molecular weight excluding hydrogens is 286 g/mol. The van der Waals surface area contributed by atoms with Crippen molar-refractivity contribution >= 4 is 11.6 Å². The van der Waals surface area contributed by atoms with Crippen LogP contribution in [0.3, 0.4) is 0 Å². The summed E-state index contributed by atoms with van der Waals surface area (Å²) in [6.45, 7) is 4.19. The number of nitrogens with one attached hydrogen (secondary N) is 1. The van der Waals surface area contributed by atoms with Gasteiger partial charge in [-0.2, -0.15) is 0 Å². The third-order valence-corrected chi connectivity index (χ3v) is 3.94. The van der Waals surface area contributed by atoms with E-state index >= 15 is 0 Å². The summed E-state index contributed by atoms with van der Waals surface area (Å²) in [6.07, 6.45) is 10.3. The van der Waals surface area contributed by atoms with Crippen molar-refractivity contribution in [1.82, 2.24) is 15.0 Å². The number of allylic oxidation sites excluding steroid dienone is 1. The average Bonchev–Trinajstić information content (AvgIpc) is 2.95. The maximum Gasteiger partial charge on any atom is 0.115 e. The van der Waals surface area contributed by atoms with Gasteiger partial charge in [0.1, 0.15) is 12.1 Å². The Morgan fingerprint density at radius 3 is 2.52 bits per heavy atom. The van der Waals surface area contributed by atoms with Gasteiger partial charge in [-0.1, -0.05) is 19.1 Å². The first kappa shape index (κ1) is 15.0. The number of aromatic amines is 1. The highest BCUT2D eigenvalue weighted by Crippen LogP contribution is 2.31. The van der Waals surface area contributed by atoms with Gasteiger partial charge in [0.25, 0.3) is 0 Å². The summed E-state index contributed by atoms with van der Waals surface area (Å²) in [6, 6.07) is 7.26. The third kappa shape index (κ3) is 3.16. The topological polar surface area (TPSA) is 61.8 Å². The van der Waals surface area contributed by atoms with Crippen LogP contribution in [0.15, 0.2) is 49.2 Å². The molecule has 23 heavy (non-hydrogen) atoms. The number of hydrogen-bond donors (Lipinski definition) is 2. The molecule has 2 aromatic heterocycles. The summed E-state index contributed by atoms with van der Waals surface area (Å²) < 4.78 is 0. The molecule has 0 aliphatic carbocycles. The quantitative estimate of drug-likeness (QED) is 0.749. The van der Waals surface area contributed by atoms with Gasteiger partial charge in [-0.3, -0.25) is 0 Å². The number of H-pyrrole nitrogens is 1. The van der Waals surface area contributed by atoms with Gasteiger partial charge < -0.3 is 10.1 Å². The lowest BCUT2D eigenvalue weighted by Crippen LogP contribution is -1.88. The predicted octanol–water partition coefficient (Wildman–Crippen LogP) is 4.44. The van der Waals surface area contributed by atoms with Crippen LogP contribution in [0.4, 0.5) is 0 Å². The first-order valence-electron chi connectivity index (χ1n) is 7.62. The molecule has 0 amide bonds. The Bertz CT molecular complexity index is 818. The lowest BCUT2D eigenvalue weighted by atomic mass is 9.98. The van der Waals surface area contributed by atoms with E-state index in [0.717, 1.165) is 34.4 Å². The molecular formula is C19H19N3O. The lowest BCUT2D eigenvalue weighted by molar-refractivity contribution is 0.475. The monoisotopic (exact) mass is 305 g/mol. The lowest BCUT2D eigenvalue weighted by Gasteiger charge is -2.07. The Labute approximate surface area is 135 Å². The van der Waals surface area contributed by atoms with Crippen LogP contribution in [-0.2, 0) is 0 Å². The SMILES string of the molecule is CC/C(=C\c1c(-c2ccc(O)cc2)c[nH]c1C)c1cncnc1. The highest BCUT2D eigenvalue weighted by atomic mass is 16.3. The summed E-state index contributed by atoms with van der Waals surface area (Å²) in [7, 11) is 0. The van der Waals surface area contributed by atoms with Crippen molar-refractivity contribution in [2.45, 2.75) is 20.3 Å². The molecule has 2 N–H and O–H groups in total. The number of nitrogens with zero attached hydrogens (tertiary/aromatic N) is 2. The molecule has 1 aromatic carbocycles. The fourth-order valence-electron chi connectivity index (χ4n) is 2.63. The molecule has 0 fully saturated rings. The summed E-state index contributed by atoms with van der Waals surface area (Å²) >= 11 is 0. The Kier molecular flexibility index (Phi) is 4.24. The molecule has 0 saturated heterocycles. The fourth-order valence-corrected chi connectivity index (χ4v) is 2.63. The van der Waals surface area contributed by atoms with E-state index in [4.69, 9.17) is 0 Å². The molecule has 0 spiro atoms. The number of benzene rings is 1. The van der Waals surface area contributed by atoms with E-state index in [-0.39, 0.29) is 5.75 Å². The molecule has 4 nitrogen and oxygen atoms in total. The van der Waals surface area contributed by atoms with E-state index < -0.39 is 0 Å². The van der Waals surface area contributed by atoms with Crippen molar-refractivity contribution in [2.75, 3.05) is 0 Å². The normalized spacial score (nSPS) is 11.7. The molecule has 3 rings (SSSR count). The first-order valence-corrected chi connectivity index (χ1v) is 7.62. The third-order valence-electron chi connectivity index (χ3n) is 3.94. The molecule has 0 saturated carbocycles. The molecule has 0 aliphatic rings. The van der Waals surface area contributed by atoms with Crippen molar-refractivity contribution in [2.24, 2.45) is 0 Å². The second-order valence-corrected chi connectivity index (χ2v) is 5.44. The molecule has 0 aliphatic heterocycles. The van der Waals surface area contributed by atoms with E-state index in [2.05, 4.69) is 34.9 Å². The Morgan fingerprint density at radius 1 is 1.17 bits per heavy atom. The van der Waals surface area contributed by atoms with Gasteiger partial charge in [-0.15, -0.1) is 0 Å². The molecule has 116 valence electrons. The van der Waals surface area contributed by atoms with Crippen molar-refractivity contribution in [3.05, 3.63) is 66.0 Å². The molecule has 4 heteroatoms. The number of phenols is 1. The molecule has 2 heterocycles. The van der Waals surface area contributed by atoms with Crippen molar-refractivity contribution in [3.8, 4) is 16.9 Å². The smallest absolute Gasteiger partial charge is 0.115 e. The summed E-state index contributed by atoms with van der Waals surface area (Å²) in [5.74, 6) is 0.272. The van der Waals surface area contributed by atoms with Crippen LogP contribution in [0.25, 0.3) is 22.8 Å². The van der Waals surface area contributed by atoms with Crippen LogP contribution >= 0.6 is 0 Å². The minimum Gasteiger partial charge on any atom is -0.508 e. The standard InChI is InChI=1S/C19H19N3O/c1-3-14(16-9-20-12-21-10-16)8-18-13(2)22-11-19(18)15-4-6-17(23)7-5-15/h4-12,22-23H,3H2,1-2H3/b14-8+. The Balaban J connectivity index is 2.08. The molecule has 3 aromatic rings. The van der Waals surface area contributed by atoms with Gasteiger partial charge in [0, 0.05) is 41.0 Å². The molecule has 0 bridgehead atoms. The molecule has 0 atom stereocenters. The second-order valence-electron chi connectivity index (χ2n) is 5.44. The summed E-state index contributed by atoms with van der Waals surface area (Å²) in [4.78, 5) is 11.5. The fraction of sp³-hybridized carbons (Fsp3) is 0.158. The maximum atomic E-state index is 9.48. The number of aromatic nitrogens is 3. The van der Waals surface area contributed by atoms with Crippen LogP contribution in [0, 0.1) is 6.92 Å². The number of rotatable bonds is 4. The minimum absolute atomic E-state index is 0.272. The zero-order valence-corrected chi connectivity index (χ0v) is 13.2. The van der Waals surface area contributed by atoms with Gasteiger partial charge >= 0.3 is 0 Å². The summed E-state index contributed by atoms with van der Waals surface area (Å²) in [5, 5.41) is 9.48. The van der Waals surface area contributed by atoms with Gasteiger partial charge in [0.15, 0.2) is 0 Å². The largest absolute Gasteiger partial charge is 0.508 e. The van der Waals surface area contributed by atoms with Crippen LogP contribution in [0.5, 0.6) is 5.75 Å². The van der Waals surface area contributed by atoms with E-state index in [9.17, 15) is 5.11 Å².